The molecule has 90 valence electrons. The third-order valence-electron chi connectivity index (χ3n) is 2.67. The summed E-state index contributed by atoms with van der Waals surface area (Å²) in [6.07, 6.45) is 8.91. The zero-order valence-corrected chi connectivity index (χ0v) is 10.6. The van der Waals surface area contributed by atoms with Gasteiger partial charge in [-0.2, -0.15) is 5.26 Å². The second-order valence-electron chi connectivity index (χ2n) is 3.78. The van der Waals surface area contributed by atoms with Crippen molar-refractivity contribution in [1.82, 2.24) is 9.97 Å². The third-order valence-corrected chi connectivity index (χ3v) is 3.23. The molecule has 0 bridgehead atoms. The monoisotopic (exact) mass is 258 g/mol. The van der Waals surface area contributed by atoms with Gasteiger partial charge in [0.1, 0.15) is 11.6 Å². The lowest BCUT2D eigenvalue weighted by Gasteiger charge is -2.16. The van der Waals surface area contributed by atoms with Crippen LogP contribution in [-0.2, 0) is 4.79 Å². The number of nitriles is 1. The maximum atomic E-state index is 11.9. The number of amides is 1. The minimum Gasteiger partial charge on any atom is -0.294 e. The van der Waals surface area contributed by atoms with Crippen LogP contribution in [0, 0.1) is 29.6 Å². The van der Waals surface area contributed by atoms with E-state index in [4.69, 9.17) is 11.7 Å². The van der Waals surface area contributed by atoms with Crippen molar-refractivity contribution in [2.75, 3.05) is 17.7 Å². The topological polar surface area (TPSA) is 69.9 Å². The van der Waals surface area contributed by atoms with Gasteiger partial charge in [-0.3, -0.25) is 9.69 Å². The fourth-order valence-electron chi connectivity index (χ4n) is 1.76. The quantitative estimate of drug-likeness (QED) is 0.450. The molecular formula is C12H10N4OS. The molecule has 1 aliphatic heterocycles. The third kappa shape index (κ3) is 2.15. The molecule has 5 nitrogen and oxygen atoms in total. The Balaban J connectivity index is 2.42. The van der Waals surface area contributed by atoms with E-state index < -0.39 is 0 Å². The lowest BCUT2D eigenvalue weighted by atomic mass is 10.1. The number of rotatable bonds is 2. The first-order chi connectivity index (χ1) is 8.69. The maximum Gasteiger partial charge on any atom is 0.229 e. The predicted octanol–water partition coefficient (Wildman–Crippen LogP) is 1.06. The Morgan fingerprint density at radius 1 is 1.67 bits per heavy atom. The molecule has 1 atom stereocenters. The highest BCUT2D eigenvalue weighted by Crippen LogP contribution is 2.26. The molecule has 1 unspecified atom stereocenters. The summed E-state index contributed by atoms with van der Waals surface area (Å²) < 4.78 is 0. The SMILES string of the molecule is C#CC1CC(=O)N(c2nc(SC)ncc2C#N)C1. The van der Waals surface area contributed by atoms with Gasteiger partial charge in [-0.25, -0.2) is 9.97 Å². The Morgan fingerprint density at radius 2 is 2.44 bits per heavy atom. The van der Waals surface area contributed by atoms with Gasteiger partial charge in [0.25, 0.3) is 0 Å². The van der Waals surface area contributed by atoms with Crippen LogP contribution in [0.4, 0.5) is 5.82 Å². The molecule has 0 N–H and O–H groups in total. The van der Waals surface area contributed by atoms with Gasteiger partial charge in [0, 0.05) is 18.9 Å². The minimum absolute atomic E-state index is 0.0970. The van der Waals surface area contributed by atoms with E-state index in [-0.39, 0.29) is 11.8 Å². The standard InChI is InChI=1S/C12H10N4OS/c1-3-8-4-10(17)16(7-8)11-9(5-13)6-14-12(15-11)18-2/h1,6,8H,4,7H2,2H3. The number of carbonyl (C=O) groups excluding carboxylic acids is 1. The van der Waals surface area contributed by atoms with E-state index >= 15 is 0 Å². The highest BCUT2D eigenvalue weighted by Gasteiger charge is 2.32. The zero-order valence-electron chi connectivity index (χ0n) is 9.75. The van der Waals surface area contributed by atoms with Gasteiger partial charge in [0.05, 0.1) is 6.20 Å². The van der Waals surface area contributed by atoms with Crippen LogP contribution in [0.25, 0.3) is 0 Å². The van der Waals surface area contributed by atoms with E-state index in [1.54, 1.807) is 0 Å². The van der Waals surface area contributed by atoms with Gasteiger partial charge in [0.2, 0.25) is 5.91 Å². The van der Waals surface area contributed by atoms with Crippen molar-refractivity contribution >= 4 is 23.5 Å². The van der Waals surface area contributed by atoms with E-state index in [2.05, 4.69) is 15.9 Å². The Morgan fingerprint density at radius 3 is 3.00 bits per heavy atom. The largest absolute Gasteiger partial charge is 0.294 e. The van der Waals surface area contributed by atoms with Gasteiger partial charge in [-0.1, -0.05) is 11.8 Å². The molecule has 1 saturated heterocycles. The van der Waals surface area contributed by atoms with E-state index in [9.17, 15) is 4.79 Å². The highest BCUT2D eigenvalue weighted by molar-refractivity contribution is 7.98. The maximum absolute atomic E-state index is 11.9. The molecular weight excluding hydrogens is 248 g/mol. The molecule has 0 saturated carbocycles. The van der Waals surface area contributed by atoms with Crippen molar-refractivity contribution in [1.29, 1.82) is 5.26 Å². The van der Waals surface area contributed by atoms with Crippen molar-refractivity contribution in [2.24, 2.45) is 5.92 Å². The summed E-state index contributed by atoms with van der Waals surface area (Å²) in [4.78, 5) is 21.6. The van der Waals surface area contributed by atoms with Crippen LogP contribution >= 0.6 is 11.8 Å². The molecule has 1 aliphatic rings. The van der Waals surface area contributed by atoms with Crippen molar-refractivity contribution in [3.8, 4) is 18.4 Å². The first-order valence-corrected chi connectivity index (χ1v) is 6.49. The Bertz CT molecular complexity index is 572. The Labute approximate surface area is 109 Å². The molecule has 1 amide bonds. The summed E-state index contributed by atoms with van der Waals surface area (Å²) in [5, 5.41) is 9.57. The fraction of sp³-hybridized carbons (Fsp3) is 0.333. The van der Waals surface area contributed by atoms with Crippen molar-refractivity contribution < 1.29 is 4.79 Å². The van der Waals surface area contributed by atoms with Crippen LogP contribution in [0.3, 0.4) is 0 Å². The molecule has 0 radical (unpaired) electrons. The average Bonchev–Trinajstić information content (AvgIpc) is 2.79. The van der Waals surface area contributed by atoms with Gasteiger partial charge in [-0.15, -0.1) is 12.3 Å². The molecule has 0 aliphatic carbocycles. The molecule has 2 rings (SSSR count). The normalized spacial score (nSPS) is 18.5. The molecule has 18 heavy (non-hydrogen) atoms. The molecule has 6 heteroatoms. The van der Waals surface area contributed by atoms with Crippen molar-refractivity contribution in [3.05, 3.63) is 11.8 Å². The first kappa shape index (κ1) is 12.4. The summed E-state index contributed by atoms with van der Waals surface area (Å²) in [7, 11) is 0. The minimum atomic E-state index is -0.114. The first-order valence-electron chi connectivity index (χ1n) is 5.27. The van der Waals surface area contributed by atoms with Gasteiger partial charge >= 0.3 is 0 Å². The summed E-state index contributed by atoms with van der Waals surface area (Å²) in [5.74, 6) is 2.72. The van der Waals surface area contributed by atoms with Crippen molar-refractivity contribution in [2.45, 2.75) is 11.6 Å². The predicted molar refractivity (Wildman–Crippen MR) is 67.8 cm³/mol. The van der Waals surface area contributed by atoms with E-state index in [0.717, 1.165) is 0 Å². The van der Waals surface area contributed by atoms with Crippen LogP contribution < -0.4 is 4.90 Å². The van der Waals surface area contributed by atoms with Crippen LogP contribution in [0.1, 0.15) is 12.0 Å². The van der Waals surface area contributed by atoms with Crippen molar-refractivity contribution in [3.63, 3.8) is 0 Å². The fourth-order valence-corrected chi connectivity index (χ4v) is 2.10. The number of hydrogen-bond acceptors (Lipinski definition) is 5. The number of nitrogens with zero attached hydrogens (tertiary/aromatic N) is 4. The number of thioether (sulfide) groups is 1. The number of hydrogen-bond donors (Lipinski definition) is 0. The van der Waals surface area contributed by atoms with Gasteiger partial charge in [-0.05, 0) is 6.26 Å². The summed E-state index contributed by atoms with van der Waals surface area (Å²) >= 11 is 1.36. The molecule has 0 aromatic carbocycles. The lowest BCUT2D eigenvalue weighted by molar-refractivity contribution is -0.117. The molecule has 0 spiro atoms. The van der Waals surface area contributed by atoms with Crippen LogP contribution in [0.15, 0.2) is 11.4 Å². The van der Waals surface area contributed by atoms with Gasteiger partial charge < -0.3 is 0 Å². The Kier molecular flexibility index (Phi) is 3.50. The number of carbonyl (C=O) groups is 1. The van der Waals surface area contributed by atoms with Crippen LogP contribution in [-0.4, -0.2) is 28.7 Å². The van der Waals surface area contributed by atoms with E-state index in [1.807, 2.05) is 12.3 Å². The second-order valence-corrected chi connectivity index (χ2v) is 4.55. The summed E-state index contributed by atoms with van der Waals surface area (Å²) in [6.45, 7) is 0.412. The average molecular weight is 258 g/mol. The summed E-state index contributed by atoms with van der Waals surface area (Å²) in [6, 6.07) is 2.00. The zero-order chi connectivity index (χ0) is 13.1. The number of terminal acetylenes is 1. The number of aromatic nitrogens is 2. The highest BCUT2D eigenvalue weighted by atomic mass is 32.2. The summed E-state index contributed by atoms with van der Waals surface area (Å²) in [5.41, 5.74) is 0.291. The molecule has 2 heterocycles. The number of anilines is 1. The smallest absolute Gasteiger partial charge is 0.229 e. The van der Waals surface area contributed by atoms with Crippen LogP contribution in [0.5, 0.6) is 0 Å². The van der Waals surface area contributed by atoms with E-state index in [1.165, 1.54) is 22.9 Å². The second kappa shape index (κ2) is 5.07. The molecule has 1 aromatic heterocycles. The van der Waals surface area contributed by atoms with Gasteiger partial charge in [0.15, 0.2) is 11.0 Å². The molecule has 1 aromatic rings. The lowest BCUT2D eigenvalue weighted by Crippen LogP contribution is -2.26. The van der Waals surface area contributed by atoms with E-state index in [0.29, 0.717) is 29.5 Å². The Hall–Kier alpha value is -2.05. The molecule has 1 fully saturated rings. The van der Waals surface area contributed by atoms with Crippen LogP contribution in [0.2, 0.25) is 0 Å².